The predicted molar refractivity (Wildman–Crippen MR) is 110 cm³/mol. The van der Waals surface area contributed by atoms with Gasteiger partial charge in [-0.15, -0.1) is 0 Å². The summed E-state index contributed by atoms with van der Waals surface area (Å²) < 4.78 is 27.6. The average molecular weight is 417 g/mol. The number of carbonyl (C=O) groups excluding carboxylic acids is 3. The molecular formula is C22H25F2N3O3. The van der Waals surface area contributed by atoms with Gasteiger partial charge in [-0.3, -0.25) is 14.4 Å². The van der Waals surface area contributed by atoms with Crippen LogP contribution in [0.25, 0.3) is 0 Å². The summed E-state index contributed by atoms with van der Waals surface area (Å²) in [5, 5.41) is 7.52. The number of nitrogens with one attached hydrogen (secondary N) is 3. The van der Waals surface area contributed by atoms with Gasteiger partial charge in [-0.25, -0.2) is 8.78 Å². The molecule has 2 aromatic rings. The van der Waals surface area contributed by atoms with Crippen LogP contribution in [0.1, 0.15) is 36.7 Å². The van der Waals surface area contributed by atoms with E-state index >= 15 is 0 Å². The number of hydrogen-bond acceptors (Lipinski definition) is 3. The van der Waals surface area contributed by atoms with E-state index in [1.807, 2.05) is 19.1 Å². The molecule has 0 bridgehead atoms. The number of rotatable bonds is 8. The van der Waals surface area contributed by atoms with Gasteiger partial charge in [0.25, 0.3) is 5.91 Å². The van der Waals surface area contributed by atoms with Gasteiger partial charge in [0.15, 0.2) is 0 Å². The van der Waals surface area contributed by atoms with Crippen LogP contribution < -0.4 is 16.0 Å². The number of anilines is 1. The van der Waals surface area contributed by atoms with Crippen LogP contribution >= 0.6 is 0 Å². The third kappa shape index (κ3) is 5.85. The Balaban J connectivity index is 2.00. The standard InChI is InChI=1S/C22H25F2N3O3/c1-4-14-8-5-6-11-17(14)26-18(28)12-25-22(30)20(13(2)3)27-21(29)19-15(23)9-7-10-16(19)24/h5-11,13,20H,4,12H2,1-3H3,(H,25,30)(H,26,28)(H,27,29). The number of halogens is 2. The van der Waals surface area contributed by atoms with Crippen LogP contribution in [-0.4, -0.2) is 30.3 Å². The number of para-hydroxylation sites is 1. The lowest BCUT2D eigenvalue weighted by Crippen LogP contribution is -2.51. The Bertz CT molecular complexity index is 911. The Hall–Kier alpha value is -3.29. The van der Waals surface area contributed by atoms with Gasteiger partial charge >= 0.3 is 0 Å². The fraction of sp³-hybridized carbons (Fsp3) is 0.318. The molecule has 1 atom stereocenters. The summed E-state index contributed by atoms with van der Waals surface area (Å²) in [6.45, 7) is 4.98. The predicted octanol–water partition coefficient (Wildman–Crippen LogP) is 3.04. The van der Waals surface area contributed by atoms with E-state index in [1.54, 1.807) is 26.0 Å². The zero-order chi connectivity index (χ0) is 22.3. The molecule has 0 spiro atoms. The van der Waals surface area contributed by atoms with E-state index in [-0.39, 0.29) is 12.5 Å². The van der Waals surface area contributed by atoms with Crippen molar-refractivity contribution in [1.29, 1.82) is 0 Å². The van der Waals surface area contributed by atoms with Crippen molar-refractivity contribution in [3.63, 3.8) is 0 Å². The van der Waals surface area contributed by atoms with Crippen molar-refractivity contribution in [1.82, 2.24) is 10.6 Å². The molecule has 2 aromatic carbocycles. The maximum absolute atomic E-state index is 13.8. The monoisotopic (exact) mass is 417 g/mol. The molecule has 8 heteroatoms. The third-order valence-corrected chi connectivity index (χ3v) is 4.52. The highest BCUT2D eigenvalue weighted by atomic mass is 19.1. The minimum absolute atomic E-state index is 0.315. The summed E-state index contributed by atoms with van der Waals surface area (Å²) in [6, 6.07) is 9.29. The summed E-state index contributed by atoms with van der Waals surface area (Å²) in [5.41, 5.74) is 0.851. The van der Waals surface area contributed by atoms with Crippen molar-refractivity contribution in [2.45, 2.75) is 33.2 Å². The van der Waals surface area contributed by atoms with Crippen LogP contribution in [0.15, 0.2) is 42.5 Å². The average Bonchev–Trinajstić information content (AvgIpc) is 2.70. The number of benzene rings is 2. The Kier molecular flexibility index (Phi) is 8.03. The Morgan fingerprint density at radius 2 is 1.60 bits per heavy atom. The number of hydrogen-bond donors (Lipinski definition) is 3. The highest BCUT2D eigenvalue weighted by Crippen LogP contribution is 2.15. The van der Waals surface area contributed by atoms with Gasteiger partial charge < -0.3 is 16.0 Å². The zero-order valence-corrected chi connectivity index (χ0v) is 17.1. The number of aryl methyl sites for hydroxylation is 1. The maximum Gasteiger partial charge on any atom is 0.257 e. The minimum atomic E-state index is -1.08. The van der Waals surface area contributed by atoms with E-state index < -0.39 is 41.0 Å². The molecule has 0 aliphatic carbocycles. The first kappa shape index (κ1) is 23.0. The van der Waals surface area contributed by atoms with Crippen molar-refractivity contribution >= 4 is 23.4 Å². The minimum Gasteiger partial charge on any atom is -0.345 e. The largest absolute Gasteiger partial charge is 0.345 e. The van der Waals surface area contributed by atoms with E-state index in [0.717, 1.165) is 30.2 Å². The van der Waals surface area contributed by atoms with E-state index in [4.69, 9.17) is 0 Å². The van der Waals surface area contributed by atoms with Gasteiger partial charge in [-0.2, -0.15) is 0 Å². The van der Waals surface area contributed by atoms with Crippen LogP contribution in [0.4, 0.5) is 14.5 Å². The van der Waals surface area contributed by atoms with Gasteiger partial charge in [0.05, 0.1) is 6.54 Å². The summed E-state index contributed by atoms with van der Waals surface area (Å²) in [5.74, 6) is -4.53. The van der Waals surface area contributed by atoms with Crippen LogP contribution in [-0.2, 0) is 16.0 Å². The second kappa shape index (κ2) is 10.5. The molecule has 6 nitrogen and oxygen atoms in total. The molecule has 0 aliphatic rings. The molecule has 2 rings (SSSR count). The molecular weight excluding hydrogens is 392 g/mol. The number of amides is 3. The molecule has 1 unspecified atom stereocenters. The molecule has 0 saturated carbocycles. The van der Waals surface area contributed by atoms with Gasteiger partial charge in [-0.1, -0.05) is 45.0 Å². The Labute approximate surface area is 174 Å². The second-order valence-corrected chi connectivity index (χ2v) is 7.07. The summed E-state index contributed by atoms with van der Waals surface area (Å²) >= 11 is 0. The smallest absolute Gasteiger partial charge is 0.257 e. The van der Waals surface area contributed by atoms with E-state index in [0.29, 0.717) is 5.69 Å². The molecule has 30 heavy (non-hydrogen) atoms. The highest BCUT2D eigenvalue weighted by molar-refractivity contribution is 5.99. The lowest BCUT2D eigenvalue weighted by molar-refractivity contribution is -0.126. The first-order chi connectivity index (χ1) is 14.2. The molecule has 160 valence electrons. The van der Waals surface area contributed by atoms with Crippen LogP contribution in [0.2, 0.25) is 0 Å². The third-order valence-electron chi connectivity index (χ3n) is 4.52. The van der Waals surface area contributed by atoms with Crippen LogP contribution in [0.5, 0.6) is 0 Å². The summed E-state index contributed by atoms with van der Waals surface area (Å²) in [6.07, 6.45) is 0.733. The Morgan fingerprint density at radius 3 is 2.20 bits per heavy atom. The normalized spacial score (nSPS) is 11.7. The van der Waals surface area contributed by atoms with Crippen LogP contribution in [0.3, 0.4) is 0 Å². The van der Waals surface area contributed by atoms with Crippen molar-refractivity contribution in [2.24, 2.45) is 5.92 Å². The molecule has 0 fully saturated rings. The maximum atomic E-state index is 13.8. The molecule has 3 amide bonds. The van der Waals surface area contributed by atoms with E-state index in [9.17, 15) is 23.2 Å². The topological polar surface area (TPSA) is 87.3 Å². The Morgan fingerprint density at radius 1 is 0.967 bits per heavy atom. The molecule has 0 saturated heterocycles. The highest BCUT2D eigenvalue weighted by Gasteiger charge is 2.27. The summed E-state index contributed by atoms with van der Waals surface area (Å²) in [4.78, 5) is 37.0. The van der Waals surface area contributed by atoms with Gasteiger partial charge in [0.2, 0.25) is 11.8 Å². The quantitative estimate of drug-likeness (QED) is 0.617. The molecule has 0 aromatic heterocycles. The molecule has 0 aliphatic heterocycles. The fourth-order valence-corrected chi connectivity index (χ4v) is 2.89. The van der Waals surface area contributed by atoms with Crippen LogP contribution in [0, 0.1) is 17.6 Å². The first-order valence-corrected chi connectivity index (χ1v) is 9.64. The van der Waals surface area contributed by atoms with Crippen molar-refractivity contribution in [3.8, 4) is 0 Å². The molecule has 0 radical (unpaired) electrons. The van der Waals surface area contributed by atoms with Gasteiger partial charge in [-0.05, 0) is 36.1 Å². The second-order valence-electron chi connectivity index (χ2n) is 7.07. The van der Waals surface area contributed by atoms with E-state index in [2.05, 4.69) is 16.0 Å². The SMILES string of the molecule is CCc1ccccc1NC(=O)CNC(=O)C(NC(=O)c1c(F)cccc1F)C(C)C. The first-order valence-electron chi connectivity index (χ1n) is 9.64. The molecule has 3 N–H and O–H groups in total. The lowest BCUT2D eigenvalue weighted by Gasteiger charge is -2.22. The van der Waals surface area contributed by atoms with Crippen molar-refractivity contribution in [2.75, 3.05) is 11.9 Å². The summed E-state index contributed by atoms with van der Waals surface area (Å²) in [7, 11) is 0. The number of carbonyl (C=O) groups is 3. The molecule has 0 heterocycles. The van der Waals surface area contributed by atoms with Gasteiger partial charge in [0, 0.05) is 5.69 Å². The van der Waals surface area contributed by atoms with Gasteiger partial charge in [0.1, 0.15) is 23.2 Å². The van der Waals surface area contributed by atoms with Crippen molar-refractivity contribution < 1.29 is 23.2 Å². The zero-order valence-electron chi connectivity index (χ0n) is 17.1. The van der Waals surface area contributed by atoms with Crippen molar-refractivity contribution in [3.05, 3.63) is 65.2 Å². The van der Waals surface area contributed by atoms with E-state index in [1.165, 1.54) is 0 Å². The lowest BCUT2D eigenvalue weighted by atomic mass is 10.0. The fourth-order valence-electron chi connectivity index (χ4n) is 2.89.